The predicted molar refractivity (Wildman–Crippen MR) is 100 cm³/mol. The lowest BCUT2D eigenvalue weighted by atomic mass is 9.80. The molecule has 130 valence electrons. The molecule has 2 heterocycles. The van der Waals surface area contributed by atoms with Crippen LogP contribution in [0.5, 0.6) is 0 Å². The Morgan fingerprint density at radius 1 is 1.28 bits per heavy atom. The second-order valence-corrected chi connectivity index (χ2v) is 7.92. The van der Waals surface area contributed by atoms with Crippen molar-refractivity contribution < 1.29 is 4.79 Å². The first kappa shape index (κ1) is 15.2. The maximum absolute atomic E-state index is 12.8. The Bertz CT molecular complexity index is 859. The van der Waals surface area contributed by atoms with Gasteiger partial charge in [-0.1, -0.05) is 31.1 Å². The predicted octanol–water partition coefficient (Wildman–Crippen LogP) is 3.10. The Kier molecular flexibility index (Phi) is 3.49. The van der Waals surface area contributed by atoms with Gasteiger partial charge in [0.05, 0.1) is 5.92 Å². The highest BCUT2D eigenvalue weighted by Gasteiger charge is 2.36. The summed E-state index contributed by atoms with van der Waals surface area (Å²) in [5, 5.41) is 4.63. The molecule has 1 unspecified atom stereocenters. The van der Waals surface area contributed by atoms with E-state index in [1.54, 1.807) is 0 Å². The molecule has 2 aliphatic carbocycles. The number of nitrogens with zero attached hydrogens (tertiary/aromatic N) is 1. The van der Waals surface area contributed by atoms with Crippen LogP contribution in [0, 0.1) is 5.92 Å². The number of H-pyrrole nitrogens is 1. The second-order valence-electron chi connectivity index (χ2n) is 7.92. The number of hydrogen-bond donors (Lipinski definition) is 2. The van der Waals surface area contributed by atoms with Crippen LogP contribution in [0.15, 0.2) is 30.5 Å². The molecule has 0 spiro atoms. The average molecular weight is 335 g/mol. The summed E-state index contributed by atoms with van der Waals surface area (Å²) >= 11 is 0. The molecular formula is C21H25N3O. The fourth-order valence-corrected chi connectivity index (χ4v) is 4.99. The summed E-state index contributed by atoms with van der Waals surface area (Å²) in [5.74, 6) is 0.157. The highest BCUT2D eigenvalue weighted by atomic mass is 16.2. The van der Waals surface area contributed by atoms with E-state index in [0.717, 1.165) is 25.8 Å². The van der Waals surface area contributed by atoms with Crippen LogP contribution in [-0.4, -0.2) is 41.5 Å². The van der Waals surface area contributed by atoms with Crippen LogP contribution < -0.4 is 5.32 Å². The number of aromatic nitrogens is 1. The summed E-state index contributed by atoms with van der Waals surface area (Å²) in [5.41, 5.74) is 5.23. The van der Waals surface area contributed by atoms with Crippen molar-refractivity contribution >= 4 is 22.4 Å². The lowest BCUT2D eigenvalue weighted by molar-refractivity contribution is -0.125. The Balaban J connectivity index is 1.51. The minimum Gasteiger partial charge on any atom is -0.361 e. The number of carbonyl (C=O) groups is 1. The third-order valence-corrected chi connectivity index (χ3v) is 6.31. The van der Waals surface area contributed by atoms with Crippen molar-refractivity contribution in [1.82, 2.24) is 15.2 Å². The van der Waals surface area contributed by atoms with Gasteiger partial charge in [0.25, 0.3) is 0 Å². The second kappa shape index (κ2) is 5.73. The summed E-state index contributed by atoms with van der Waals surface area (Å²) in [6, 6.07) is 7.23. The quantitative estimate of drug-likeness (QED) is 0.886. The van der Waals surface area contributed by atoms with Gasteiger partial charge in [-0.3, -0.25) is 9.69 Å². The molecule has 0 radical (unpaired) electrons. The van der Waals surface area contributed by atoms with Crippen molar-refractivity contribution in [2.24, 2.45) is 5.92 Å². The molecule has 1 aliphatic heterocycles. The first-order chi connectivity index (χ1) is 12.2. The number of likely N-dealkylation sites (N-methyl/N-ethyl adjacent to an activating group) is 1. The first-order valence-electron chi connectivity index (χ1n) is 9.52. The fourth-order valence-electron chi connectivity index (χ4n) is 4.99. The van der Waals surface area contributed by atoms with Crippen molar-refractivity contribution in [3.05, 3.63) is 41.6 Å². The Hall–Kier alpha value is -2.07. The maximum Gasteiger partial charge on any atom is 0.228 e. The molecule has 1 fully saturated rings. The highest BCUT2D eigenvalue weighted by molar-refractivity contribution is 5.99. The molecule has 2 N–H and O–H groups in total. The van der Waals surface area contributed by atoms with E-state index in [4.69, 9.17) is 0 Å². The number of hydrogen-bond acceptors (Lipinski definition) is 2. The van der Waals surface area contributed by atoms with Crippen LogP contribution in [0.2, 0.25) is 0 Å². The van der Waals surface area contributed by atoms with Gasteiger partial charge in [-0.15, -0.1) is 0 Å². The van der Waals surface area contributed by atoms with Gasteiger partial charge < -0.3 is 10.3 Å². The standard InChI is InChI=1S/C21H25N3O/c1-24-12-14(21(25)23-15-5-2-3-6-15)9-17-16-7-4-8-18-20(16)13(11-22-18)10-19(17)24/h4,7-9,11,14-15,19,22H,2-3,5-6,10,12H2,1H3,(H,23,25)/t14-,19?/m1/s1. The van der Waals surface area contributed by atoms with Crippen molar-refractivity contribution in [2.75, 3.05) is 13.6 Å². The smallest absolute Gasteiger partial charge is 0.228 e. The van der Waals surface area contributed by atoms with Gasteiger partial charge in [-0.05, 0) is 49.1 Å². The zero-order chi connectivity index (χ0) is 17.0. The molecule has 25 heavy (non-hydrogen) atoms. The summed E-state index contributed by atoms with van der Waals surface area (Å²) in [7, 11) is 2.16. The van der Waals surface area contributed by atoms with Gasteiger partial charge in [0.2, 0.25) is 5.91 Å². The summed E-state index contributed by atoms with van der Waals surface area (Å²) in [4.78, 5) is 18.6. The van der Waals surface area contributed by atoms with E-state index in [1.807, 2.05) is 0 Å². The Labute approximate surface area is 148 Å². The molecule has 0 saturated heterocycles. The van der Waals surface area contributed by atoms with E-state index in [0.29, 0.717) is 12.1 Å². The molecular weight excluding hydrogens is 310 g/mol. The van der Waals surface area contributed by atoms with Crippen LogP contribution in [0.4, 0.5) is 0 Å². The van der Waals surface area contributed by atoms with Gasteiger partial charge >= 0.3 is 0 Å². The van der Waals surface area contributed by atoms with Crippen molar-refractivity contribution in [3.8, 4) is 0 Å². The molecule has 1 aromatic carbocycles. The van der Waals surface area contributed by atoms with E-state index in [-0.39, 0.29) is 11.8 Å². The van der Waals surface area contributed by atoms with E-state index >= 15 is 0 Å². The zero-order valence-electron chi connectivity index (χ0n) is 14.7. The van der Waals surface area contributed by atoms with Crippen molar-refractivity contribution in [2.45, 2.75) is 44.2 Å². The molecule has 2 atom stereocenters. The summed E-state index contributed by atoms with van der Waals surface area (Å²) < 4.78 is 0. The van der Waals surface area contributed by atoms with Gasteiger partial charge in [0, 0.05) is 35.7 Å². The van der Waals surface area contributed by atoms with Gasteiger partial charge in [0.15, 0.2) is 0 Å². The molecule has 3 aliphatic rings. The fraction of sp³-hybridized carbons (Fsp3) is 0.476. The third-order valence-electron chi connectivity index (χ3n) is 6.31. The molecule has 4 heteroatoms. The molecule has 1 saturated carbocycles. The molecule has 1 amide bonds. The maximum atomic E-state index is 12.8. The molecule has 4 nitrogen and oxygen atoms in total. The minimum absolute atomic E-state index is 0.0485. The molecule has 1 aromatic heterocycles. The number of aromatic amines is 1. The summed E-state index contributed by atoms with van der Waals surface area (Å²) in [6.07, 6.45) is 10.2. The normalized spacial score (nSPS) is 26.5. The van der Waals surface area contributed by atoms with E-state index in [2.05, 4.69) is 52.7 Å². The zero-order valence-corrected chi connectivity index (χ0v) is 14.7. The third kappa shape index (κ3) is 2.43. The SMILES string of the molecule is CN1C[C@H](C(=O)NC2CCCC2)C=C2c3cccc4[nH]cc(c34)CC21. The van der Waals surface area contributed by atoms with E-state index < -0.39 is 0 Å². The average Bonchev–Trinajstić information content (AvgIpc) is 3.27. The number of rotatable bonds is 2. The minimum atomic E-state index is -0.0485. The van der Waals surface area contributed by atoms with E-state index in [1.165, 1.54) is 40.4 Å². The highest BCUT2D eigenvalue weighted by Crippen LogP contribution is 2.40. The van der Waals surface area contributed by atoms with Crippen LogP contribution in [0.3, 0.4) is 0 Å². The lowest BCUT2D eigenvalue weighted by Gasteiger charge is -2.39. The topological polar surface area (TPSA) is 48.1 Å². The van der Waals surface area contributed by atoms with Crippen LogP contribution in [-0.2, 0) is 11.2 Å². The Morgan fingerprint density at radius 2 is 2.12 bits per heavy atom. The molecule has 2 aromatic rings. The number of amides is 1. The van der Waals surface area contributed by atoms with E-state index in [9.17, 15) is 4.79 Å². The number of fused-ring (bicyclic) bond motifs is 2. The van der Waals surface area contributed by atoms with Gasteiger partial charge in [0.1, 0.15) is 0 Å². The number of benzene rings is 1. The van der Waals surface area contributed by atoms with Crippen LogP contribution >= 0.6 is 0 Å². The van der Waals surface area contributed by atoms with Crippen LogP contribution in [0.25, 0.3) is 16.5 Å². The monoisotopic (exact) mass is 335 g/mol. The molecule has 0 bridgehead atoms. The Morgan fingerprint density at radius 3 is 2.96 bits per heavy atom. The van der Waals surface area contributed by atoms with Gasteiger partial charge in [-0.25, -0.2) is 0 Å². The van der Waals surface area contributed by atoms with Crippen molar-refractivity contribution in [1.29, 1.82) is 0 Å². The largest absolute Gasteiger partial charge is 0.361 e. The number of nitrogens with one attached hydrogen (secondary N) is 2. The van der Waals surface area contributed by atoms with Crippen molar-refractivity contribution in [3.63, 3.8) is 0 Å². The number of carbonyl (C=O) groups excluding carboxylic acids is 1. The molecule has 5 rings (SSSR count). The first-order valence-corrected chi connectivity index (χ1v) is 9.52. The van der Waals surface area contributed by atoms with Gasteiger partial charge in [-0.2, -0.15) is 0 Å². The lowest BCUT2D eigenvalue weighted by Crippen LogP contribution is -2.47. The van der Waals surface area contributed by atoms with Crippen LogP contribution in [0.1, 0.15) is 36.8 Å². The summed E-state index contributed by atoms with van der Waals surface area (Å²) in [6.45, 7) is 0.808.